The Labute approximate surface area is 134 Å². The second-order valence-corrected chi connectivity index (χ2v) is 6.50. The molecule has 3 heterocycles. The molecule has 2 fully saturated rings. The fourth-order valence-corrected chi connectivity index (χ4v) is 3.35. The second kappa shape index (κ2) is 5.86. The van der Waals surface area contributed by atoms with Crippen molar-refractivity contribution in [3.8, 4) is 0 Å². The molecule has 0 radical (unpaired) electrons. The molecule has 0 aliphatic carbocycles. The largest absolute Gasteiger partial charge is 0.384 e. The smallest absolute Gasteiger partial charge is 0.250 e. The number of aromatic nitrogens is 1. The van der Waals surface area contributed by atoms with Crippen LogP contribution in [0.4, 0.5) is 5.69 Å². The third-order valence-corrected chi connectivity index (χ3v) is 4.90. The van der Waals surface area contributed by atoms with Crippen LogP contribution in [0.5, 0.6) is 0 Å². The van der Waals surface area contributed by atoms with Crippen molar-refractivity contribution >= 4 is 22.5 Å². The van der Waals surface area contributed by atoms with Gasteiger partial charge >= 0.3 is 0 Å². The van der Waals surface area contributed by atoms with Crippen molar-refractivity contribution in [2.24, 2.45) is 11.7 Å². The Morgan fingerprint density at radius 2 is 2.26 bits per heavy atom. The molecular weight excluding hydrogens is 292 g/mol. The lowest BCUT2D eigenvalue weighted by molar-refractivity contribution is 0.100. The lowest BCUT2D eigenvalue weighted by Crippen LogP contribution is -2.45. The fourth-order valence-electron chi connectivity index (χ4n) is 3.35. The van der Waals surface area contributed by atoms with Crippen molar-refractivity contribution in [3.05, 3.63) is 29.5 Å². The molecule has 0 spiro atoms. The number of carbonyl (C=O) groups excluding carboxylic acids is 1. The molecule has 6 heteroatoms. The summed E-state index contributed by atoms with van der Waals surface area (Å²) in [5, 5.41) is 7.83. The summed E-state index contributed by atoms with van der Waals surface area (Å²) in [6.45, 7) is 4.59. The SMILES string of the molecule is NC(=O)c1ccc(NCC2CNC2)c2cc([C@H]3CCOC3)[nH]c12. The molecule has 2 aliphatic heterocycles. The van der Waals surface area contributed by atoms with Gasteiger partial charge in [0.1, 0.15) is 0 Å². The summed E-state index contributed by atoms with van der Waals surface area (Å²) in [5.74, 6) is 0.634. The highest BCUT2D eigenvalue weighted by Crippen LogP contribution is 2.33. The number of rotatable bonds is 5. The first-order valence-electron chi connectivity index (χ1n) is 8.20. The molecule has 1 atom stereocenters. The number of carbonyl (C=O) groups is 1. The summed E-state index contributed by atoms with van der Waals surface area (Å²) in [6, 6.07) is 5.90. The van der Waals surface area contributed by atoms with Gasteiger partial charge in [-0.3, -0.25) is 4.79 Å². The van der Waals surface area contributed by atoms with Crippen LogP contribution in [0.3, 0.4) is 0 Å². The summed E-state index contributed by atoms with van der Waals surface area (Å²) in [5.41, 5.74) is 9.08. The number of ether oxygens (including phenoxy) is 1. The Balaban J connectivity index is 1.70. The van der Waals surface area contributed by atoms with E-state index in [1.54, 1.807) is 6.07 Å². The highest BCUT2D eigenvalue weighted by Gasteiger charge is 2.22. The van der Waals surface area contributed by atoms with Crippen LogP contribution in [-0.4, -0.2) is 43.7 Å². The third-order valence-electron chi connectivity index (χ3n) is 4.90. The van der Waals surface area contributed by atoms with E-state index in [2.05, 4.69) is 21.7 Å². The van der Waals surface area contributed by atoms with Crippen LogP contribution in [0.1, 0.15) is 28.4 Å². The monoisotopic (exact) mass is 314 g/mol. The molecule has 1 aromatic heterocycles. The number of hydrogen-bond acceptors (Lipinski definition) is 4. The van der Waals surface area contributed by atoms with Crippen LogP contribution in [0, 0.1) is 5.92 Å². The average Bonchev–Trinajstić information content (AvgIpc) is 3.14. The van der Waals surface area contributed by atoms with E-state index in [1.165, 1.54) is 0 Å². The molecule has 2 aromatic rings. The van der Waals surface area contributed by atoms with Gasteiger partial charge in [0, 0.05) is 54.8 Å². The fraction of sp³-hybridized carbons (Fsp3) is 0.471. The lowest BCUT2D eigenvalue weighted by atomic mass is 10.0. The molecule has 0 saturated carbocycles. The number of aromatic amines is 1. The van der Waals surface area contributed by atoms with Gasteiger partial charge in [0.15, 0.2) is 0 Å². The van der Waals surface area contributed by atoms with Crippen LogP contribution in [-0.2, 0) is 4.74 Å². The molecule has 0 unspecified atom stereocenters. The first-order chi connectivity index (χ1) is 11.2. The van der Waals surface area contributed by atoms with Crippen molar-refractivity contribution in [2.75, 3.05) is 38.2 Å². The number of primary amides is 1. The molecule has 6 nitrogen and oxygen atoms in total. The second-order valence-electron chi connectivity index (χ2n) is 6.50. The quantitative estimate of drug-likeness (QED) is 0.671. The number of nitrogens with one attached hydrogen (secondary N) is 3. The highest BCUT2D eigenvalue weighted by atomic mass is 16.5. The molecule has 0 bridgehead atoms. The standard InChI is InChI=1S/C17H22N4O2/c18-17(22)12-1-2-14(20-8-10-6-19-7-10)13-5-15(21-16(12)13)11-3-4-23-9-11/h1-2,5,10-11,19-21H,3-4,6-9H2,(H2,18,22)/t11-/m0/s1. The predicted molar refractivity (Wildman–Crippen MR) is 89.8 cm³/mol. The van der Waals surface area contributed by atoms with Gasteiger partial charge in [0.05, 0.1) is 17.7 Å². The lowest BCUT2D eigenvalue weighted by Gasteiger charge is -2.27. The molecule has 1 aromatic carbocycles. The topological polar surface area (TPSA) is 92.2 Å². The van der Waals surface area contributed by atoms with Crippen molar-refractivity contribution in [3.63, 3.8) is 0 Å². The van der Waals surface area contributed by atoms with E-state index in [-0.39, 0.29) is 0 Å². The highest BCUT2D eigenvalue weighted by molar-refractivity contribution is 6.08. The Bertz CT molecular complexity index is 730. The maximum atomic E-state index is 11.7. The van der Waals surface area contributed by atoms with E-state index in [1.807, 2.05) is 6.07 Å². The number of fused-ring (bicyclic) bond motifs is 1. The minimum Gasteiger partial charge on any atom is -0.384 e. The summed E-state index contributed by atoms with van der Waals surface area (Å²) in [7, 11) is 0. The number of amides is 1. The zero-order valence-corrected chi connectivity index (χ0v) is 13.0. The van der Waals surface area contributed by atoms with Crippen molar-refractivity contribution < 1.29 is 9.53 Å². The maximum Gasteiger partial charge on any atom is 0.250 e. The zero-order chi connectivity index (χ0) is 15.8. The zero-order valence-electron chi connectivity index (χ0n) is 13.0. The summed E-state index contributed by atoms with van der Waals surface area (Å²) >= 11 is 0. The Morgan fingerprint density at radius 1 is 1.39 bits per heavy atom. The minimum atomic E-state index is -0.402. The Kier molecular flexibility index (Phi) is 3.71. The van der Waals surface area contributed by atoms with Gasteiger partial charge in [-0.05, 0) is 24.6 Å². The molecular formula is C17H22N4O2. The molecule has 1 amide bonds. The van der Waals surface area contributed by atoms with E-state index >= 15 is 0 Å². The summed E-state index contributed by atoms with van der Waals surface area (Å²) < 4.78 is 5.48. The Morgan fingerprint density at radius 3 is 2.91 bits per heavy atom. The van der Waals surface area contributed by atoms with Crippen LogP contribution in [0.25, 0.3) is 10.9 Å². The van der Waals surface area contributed by atoms with Gasteiger partial charge in [-0.15, -0.1) is 0 Å². The van der Waals surface area contributed by atoms with E-state index in [0.717, 1.165) is 61.6 Å². The number of H-pyrrole nitrogens is 1. The van der Waals surface area contributed by atoms with Crippen LogP contribution >= 0.6 is 0 Å². The Hall–Kier alpha value is -2.05. The van der Waals surface area contributed by atoms with Crippen molar-refractivity contribution in [1.82, 2.24) is 10.3 Å². The van der Waals surface area contributed by atoms with Gasteiger partial charge in [-0.1, -0.05) is 0 Å². The van der Waals surface area contributed by atoms with Gasteiger partial charge < -0.3 is 26.1 Å². The molecule has 2 saturated heterocycles. The summed E-state index contributed by atoms with van der Waals surface area (Å²) in [4.78, 5) is 15.1. The van der Waals surface area contributed by atoms with E-state index in [0.29, 0.717) is 17.4 Å². The van der Waals surface area contributed by atoms with E-state index < -0.39 is 5.91 Å². The normalized spacial score (nSPS) is 21.5. The van der Waals surface area contributed by atoms with Gasteiger partial charge in [0.25, 0.3) is 5.91 Å². The predicted octanol–water partition coefficient (Wildman–Crippen LogP) is 1.40. The van der Waals surface area contributed by atoms with E-state index in [4.69, 9.17) is 10.5 Å². The first kappa shape index (κ1) is 14.5. The number of nitrogens with two attached hydrogens (primary N) is 1. The molecule has 4 rings (SSSR count). The third kappa shape index (κ3) is 2.68. The minimum absolute atomic E-state index is 0.367. The first-order valence-corrected chi connectivity index (χ1v) is 8.20. The van der Waals surface area contributed by atoms with Gasteiger partial charge in [-0.2, -0.15) is 0 Å². The van der Waals surface area contributed by atoms with Crippen LogP contribution < -0.4 is 16.4 Å². The summed E-state index contributed by atoms with van der Waals surface area (Å²) in [6.07, 6.45) is 1.01. The number of anilines is 1. The molecule has 5 N–H and O–H groups in total. The molecule has 122 valence electrons. The van der Waals surface area contributed by atoms with Crippen molar-refractivity contribution in [2.45, 2.75) is 12.3 Å². The maximum absolute atomic E-state index is 11.7. The van der Waals surface area contributed by atoms with Gasteiger partial charge in [0.2, 0.25) is 0 Å². The van der Waals surface area contributed by atoms with E-state index in [9.17, 15) is 4.79 Å². The number of benzene rings is 1. The van der Waals surface area contributed by atoms with Crippen LogP contribution in [0.2, 0.25) is 0 Å². The molecule has 23 heavy (non-hydrogen) atoms. The van der Waals surface area contributed by atoms with Crippen LogP contribution in [0.15, 0.2) is 18.2 Å². The average molecular weight is 314 g/mol. The number of hydrogen-bond donors (Lipinski definition) is 4. The van der Waals surface area contributed by atoms with Crippen molar-refractivity contribution in [1.29, 1.82) is 0 Å². The van der Waals surface area contributed by atoms with Gasteiger partial charge in [-0.25, -0.2) is 0 Å². The molecule has 2 aliphatic rings.